The lowest BCUT2D eigenvalue weighted by Gasteiger charge is -2.46. The van der Waals surface area contributed by atoms with E-state index in [1.54, 1.807) is 5.51 Å². The maximum absolute atomic E-state index is 13.2. The third kappa shape index (κ3) is 2.81. The summed E-state index contributed by atoms with van der Waals surface area (Å²) in [4.78, 5) is 20.1. The van der Waals surface area contributed by atoms with E-state index < -0.39 is 0 Å². The molecule has 0 bridgehead atoms. The van der Waals surface area contributed by atoms with E-state index in [1.807, 2.05) is 30.9 Å². The van der Waals surface area contributed by atoms with E-state index in [-0.39, 0.29) is 11.4 Å². The number of hydrogen-bond donors (Lipinski definition) is 0. The molecule has 4 nitrogen and oxygen atoms in total. The molecule has 128 valence electrons. The van der Waals surface area contributed by atoms with Crippen LogP contribution in [0.4, 0.5) is 5.69 Å². The predicted octanol–water partition coefficient (Wildman–Crippen LogP) is 4.78. The molecule has 1 atom stereocenters. The molecular weight excluding hydrogens is 320 g/mol. The van der Waals surface area contributed by atoms with E-state index in [0.717, 1.165) is 28.4 Å². The van der Waals surface area contributed by atoms with Gasteiger partial charge in [0.25, 0.3) is 5.91 Å². The highest BCUT2D eigenvalue weighted by Gasteiger charge is 2.41. The largest absolute Gasteiger partial charge is 0.494 e. The van der Waals surface area contributed by atoms with E-state index in [2.05, 4.69) is 31.8 Å². The summed E-state index contributed by atoms with van der Waals surface area (Å²) in [6, 6.07) is 6.06. The summed E-state index contributed by atoms with van der Waals surface area (Å²) in [7, 11) is 0. The molecule has 1 aliphatic heterocycles. The van der Waals surface area contributed by atoms with Crippen LogP contribution in [0.5, 0.6) is 5.75 Å². The van der Waals surface area contributed by atoms with Gasteiger partial charge in [0.05, 0.1) is 17.8 Å². The molecule has 1 aromatic heterocycles. The van der Waals surface area contributed by atoms with Gasteiger partial charge in [-0.15, -0.1) is 11.3 Å². The first-order valence-corrected chi connectivity index (χ1v) is 9.24. The zero-order valence-corrected chi connectivity index (χ0v) is 15.7. The lowest BCUT2D eigenvalue weighted by molar-refractivity contribution is 0.0957. The van der Waals surface area contributed by atoms with E-state index in [4.69, 9.17) is 4.74 Å². The number of thiazole rings is 1. The molecule has 0 radical (unpaired) electrons. The zero-order chi connectivity index (χ0) is 17.5. The molecule has 1 aliphatic rings. The maximum Gasteiger partial charge on any atom is 0.270 e. The third-order valence-electron chi connectivity index (χ3n) is 4.64. The van der Waals surface area contributed by atoms with Crippen LogP contribution >= 0.6 is 11.3 Å². The zero-order valence-electron chi connectivity index (χ0n) is 14.9. The van der Waals surface area contributed by atoms with Crippen molar-refractivity contribution in [1.82, 2.24) is 4.98 Å². The van der Waals surface area contributed by atoms with E-state index in [1.165, 1.54) is 16.9 Å². The number of benzene rings is 1. The number of aromatic nitrogens is 1. The van der Waals surface area contributed by atoms with Gasteiger partial charge >= 0.3 is 0 Å². The summed E-state index contributed by atoms with van der Waals surface area (Å²) in [6.45, 7) is 11.0. The number of carbonyl (C=O) groups excluding carboxylic acids is 1. The molecule has 2 aromatic rings. The molecule has 5 heteroatoms. The molecule has 0 saturated carbocycles. The maximum atomic E-state index is 13.2. The number of nitrogens with zero attached hydrogens (tertiary/aromatic N) is 2. The number of amides is 1. The minimum Gasteiger partial charge on any atom is -0.494 e. The molecule has 0 spiro atoms. The Morgan fingerprint density at radius 2 is 2.21 bits per heavy atom. The molecule has 1 aromatic carbocycles. The summed E-state index contributed by atoms with van der Waals surface area (Å²) < 4.78 is 5.65. The van der Waals surface area contributed by atoms with Crippen LogP contribution in [0.25, 0.3) is 0 Å². The lowest BCUT2D eigenvalue weighted by atomic mass is 9.80. The summed E-state index contributed by atoms with van der Waals surface area (Å²) in [5.74, 6) is 1.28. The molecule has 2 heterocycles. The van der Waals surface area contributed by atoms with Gasteiger partial charge in [0.1, 0.15) is 10.6 Å². The first-order valence-electron chi connectivity index (χ1n) is 8.36. The average molecular weight is 344 g/mol. The minimum atomic E-state index is -0.243. The molecule has 0 N–H and O–H groups in total. The van der Waals surface area contributed by atoms with E-state index in [9.17, 15) is 4.79 Å². The van der Waals surface area contributed by atoms with Gasteiger partial charge in [-0.1, -0.05) is 6.92 Å². The lowest BCUT2D eigenvalue weighted by Crippen LogP contribution is -2.51. The van der Waals surface area contributed by atoms with Gasteiger partial charge in [0, 0.05) is 11.2 Å². The van der Waals surface area contributed by atoms with Gasteiger partial charge in [0.2, 0.25) is 0 Å². The number of anilines is 1. The molecule has 3 rings (SSSR count). The van der Waals surface area contributed by atoms with Gasteiger partial charge in [-0.05, 0) is 63.8 Å². The van der Waals surface area contributed by atoms with Crippen molar-refractivity contribution in [2.45, 2.75) is 52.5 Å². The van der Waals surface area contributed by atoms with Crippen LogP contribution in [0.15, 0.2) is 23.7 Å². The van der Waals surface area contributed by atoms with Crippen LogP contribution < -0.4 is 9.64 Å². The van der Waals surface area contributed by atoms with Crippen LogP contribution in [0.3, 0.4) is 0 Å². The van der Waals surface area contributed by atoms with E-state index >= 15 is 0 Å². The topological polar surface area (TPSA) is 42.4 Å². The Labute approximate surface area is 147 Å². The second-order valence-electron chi connectivity index (χ2n) is 6.98. The number of aryl methyl sites for hydroxylation is 1. The van der Waals surface area contributed by atoms with Crippen molar-refractivity contribution in [2.75, 3.05) is 11.5 Å². The number of carbonyl (C=O) groups is 1. The normalized spacial score (nSPS) is 19.0. The fourth-order valence-electron chi connectivity index (χ4n) is 3.66. The molecule has 0 saturated heterocycles. The highest BCUT2D eigenvalue weighted by molar-refractivity contribution is 7.12. The second-order valence-corrected chi connectivity index (χ2v) is 7.83. The minimum absolute atomic E-state index is 0.0392. The summed E-state index contributed by atoms with van der Waals surface area (Å²) in [5, 5.41) is 0. The van der Waals surface area contributed by atoms with Crippen molar-refractivity contribution in [1.29, 1.82) is 0 Å². The SMILES string of the molecule is CCOc1ccc2c(c1)C(C)CC(C)(C)N2C(=O)c1scnc1C. The molecule has 0 fully saturated rings. The van der Waals surface area contributed by atoms with Crippen molar-refractivity contribution in [3.8, 4) is 5.75 Å². The van der Waals surface area contributed by atoms with Gasteiger partial charge in [-0.3, -0.25) is 4.79 Å². The van der Waals surface area contributed by atoms with Crippen LogP contribution in [-0.4, -0.2) is 23.0 Å². The number of fused-ring (bicyclic) bond motifs is 1. The Hall–Kier alpha value is -1.88. The van der Waals surface area contributed by atoms with Crippen LogP contribution in [0.1, 0.15) is 61.0 Å². The fraction of sp³-hybridized carbons (Fsp3) is 0.474. The molecule has 0 aliphatic carbocycles. The summed E-state index contributed by atoms with van der Waals surface area (Å²) in [6.07, 6.45) is 0.916. The second kappa shape index (κ2) is 6.20. The van der Waals surface area contributed by atoms with Crippen LogP contribution in [0.2, 0.25) is 0 Å². The number of rotatable bonds is 3. The van der Waals surface area contributed by atoms with Crippen molar-refractivity contribution in [2.24, 2.45) is 0 Å². The van der Waals surface area contributed by atoms with Crippen molar-refractivity contribution in [3.05, 3.63) is 39.8 Å². The highest BCUT2D eigenvalue weighted by Crippen LogP contribution is 2.45. The van der Waals surface area contributed by atoms with Crippen LogP contribution in [0, 0.1) is 6.92 Å². The number of hydrogen-bond acceptors (Lipinski definition) is 4. The Bertz CT molecular complexity index is 766. The highest BCUT2D eigenvalue weighted by atomic mass is 32.1. The smallest absolute Gasteiger partial charge is 0.270 e. The van der Waals surface area contributed by atoms with E-state index in [0.29, 0.717) is 12.5 Å². The van der Waals surface area contributed by atoms with Gasteiger partial charge < -0.3 is 9.64 Å². The third-order valence-corrected chi connectivity index (χ3v) is 5.55. The van der Waals surface area contributed by atoms with Crippen molar-refractivity contribution >= 4 is 22.9 Å². The average Bonchev–Trinajstić information content (AvgIpc) is 2.93. The first-order chi connectivity index (χ1) is 11.3. The molecular formula is C19H24N2O2S. The number of ether oxygens (including phenoxy) is 1. The summed E-state index contributed by atoms with van der Waals surface area (Å²) >= 11 is 1.41. The Balaban J connectivity index is 2.10. The standard InChI is InChI=1S/C19H24N2O2S/c1-6-23-14-7-8-16-15(9-14)12(2)10-19(4,5)21(16)18(22)17-13(3)20-11-24-17/h7-9,11-12H,6,10H2,1-5H3. The Kier molecular flexibility index (Phi) is 4.38. The van der Waals surface area contributed by atoms with Gasteiger partial charge in [0.15, 0.2) is 0 Å². The quantitative estimate of drug-likeness (QED) is 0.804. The van der Waals surface area contributed by atoms with Crippen molar-refractivity contribution in [3.63, 3.8) is 0 Å². The summed E-state index contributed by atoms with van der Waals surface area (Å²) in [5.41, 5.74) is 4.46. The van der Waals surface area contributed by atoms with Crippen molar-refractivity contribution < 1.29 is 9.53 Å². The van der Waals surface area contributed by atoms with Gasteiger partial charge in [-0.2, -0.15) is 0 Å². The van der Waals surface area contributed by atoms with Crippen LogP contribution in [-0.2, 0) is 0 Å². The molecule has 24 heavy (non-hydrogen) atoms. The predicted molar refractivity (Wildman–Crippen MR) is 98.4 cm³/mol. The Morgan fingerprint density at radius 1 is 1.46 bits per heavy atom. The molecule has 1 amide bonds. The fourth-order valence-corrected chi connectivity index (χ4v) is 4.39. The first kappa shape index (κ1) is 17.0. The molecule has 1 unspecified atom stereocenters. The monoisotopic (exact) mass is 344 g/mol. The van der Waals surface area contributed by atoms with Gasteiger partial charge in [-0.25, -0.2) is 4.98 Å². The Morgan fingerprint density at radius 3 is 2.83 bits per heavy atom.